The molecule has 16 heavy (non-hydrogen) atoms. The molecule has 1 aliphatic carbocycles. The van der Waals surface area contributed by atoms with Crippen LogP contribution < -0.4 is 5.73 Å². The molecule has 0 aromatic rings. The zero-order chi connectivity index (χ0) is 11.8. The number of amides is 1. The first-order valence-corrected chi connectivity index (χ1v) is 6.50. The Hall–Kier alpha value is -0.640. The van der Waals surface area contributed by atoms with Gasteiger partial charge in [-0.25, -0.2) is 0 Å². The molecule has 1 aliphatic heterocycles. The minimum Gasteiger partial charge on any atom is -0.393 e. The molecule has 2 fully saturated rings. The highest BCUT2D eigenvalue weighted by molar-refractivity contribution is 7.80. The molecule has 0 unspecified atom stereocenters. The van der Waals surface area contributed by atoms with Crippen LogP contribution in [0, 0.1) is 11.3 Å². The van der Waals surface area contributed by atoms with Crippen molar-refractivity contribution in [3.63, 3.8) is 0 Å². The molecular weight excluding hydrogens is 220 g/mol. The molecule has 90 valence electrons. The Morgan fingerprint density at radius 2 is 2.00 bits per heavy atom. The van der Waals surface area contributed by atoms with Crippen molar-refractivity contribution in [3.05, 3.63) is 0 Å². The number of nitrogens with two attached hydrogens (primary N) is 1. The predicted octanol–water partition coefficient (Wildman–Crippen LogP) is 1.70. The number of likely N-dealkylation sites (tertiary alicyclic amines) is 1. The zero-order valence-electron chi connectivity index (χ0n) is 9.87. The lowest BCUT2D eigenvalue weighted by molar-refractivity contribution is -0.133. The molecule has 0 aromatic carbocycles. The van der Waals surface area contributed by atoms with Gasteiger partial charge in [-0.05, 0) is 31.6 Å². The summed E-state index contributed by atoms with van der Waals surface area (Å²) in [5.41, 5.74) is 5.71. The molecule has 2 aliphatic rings. The number of nitrogens with zero attached hydrogens (tertiary/aromatic N) is 1. The van der Waals surface area contributed by atoms with E-state index in [1.54, 1.807) is 0 Å². The third-order valence-electron chi connectivity index (χ3n) is 3.97. The van der Waals surface area contributed by atoms with Gasteiger partial charge in [0.25, 0.3) is 0 Å². The first-order chi connectivity index (χ1) is 7.51. The number of carbonyl (C=O) groups is 1. The molecule has 0 spiro atoms. The maximum absolute atomic E-state index is 11.9. The Balaban J connectivity index is 1.84. The molecule has 1 saturated carbocycles. The summed E-state index contributed by atoms with van der Waals surface area (Å²) in [5.74, 6) is 1.00. The van der Waals surface area contributed by atoms with Crippen molar-refractivity contribution >= 4 is 23.1 Å². The van der Waals surface area contributed by atoms with Gasteiger partial charge in [0.05, 0.1) is 4.99 Å². The number of carbonyl (C=O) groups excluding carboxylic acids is 1. The van der Waals surface area contributed by atoms with Gasteiger partial charge in [0.15, 0.2) is 0 Å². The summed E-state index contributed by atoms with van der Waals surface area (Å²) < 4.78 is 0. The number of piperidine rings is 1. The second-order valence-electron chi connectivity index (χ2n) is 5.45. The van der Waals surface area contributed by atoms with E-state index in [2.05, 4.69) is 6.92 Å². The molecule has 1 saturated heterocycles. The van der Waals surface area contributed by atoms with Crippen LogP contribution in [0.3, 0.4) is 0 Å². The fraction of sp³-hybridized carbons (Fsp3) is 0.833. The fourth-order valence-corrected chi connectivity index (χ4v) is 2.40. The van der Waals surface area contributed by atoms with Crippen LogP contribution in [-0.4, -0.2) is 28.9 Å². The zero-order valence-corrected chi connectivity index (χ0v) is 10.7. The average molecular weight is 240 g/mol. The monoisotopic (exact) mass is 240 g/mol. The second kappa shape index (κ2) is 4.32. The Kier molecular flexibility index (Phi) is 3.19. The summed E-state index contributed by atoms with van der Waals surface area (Å²) in [6, 6.07) is 0. The maximum atomic E-state index is 11.9. The Bertz CT molecular complexity index is 304. The van der Waals surface area contributed by atoms with Crippen molar-refractivity contribution in [1.29, 1.82) is 0 Å². The fourth-order valence-electron chi connectivity index (χ4n) is 2.19. The van der Waals surface area contributed by atoms with Gasteiger partial charge in [0, 0.05) is 24.9 Å². The summed E-state index contributed by atoms with van der Waals surface area (Å²) in [4.78, 5) is 14.5. The maximum Gasteiger partial charge on any atom is 0.222 e. The number of hydrogen-bond acceptors (Lipinski definition) is 2. The van der Waals surface area contributed by atoms with E-state index in [1.807, 2.05) is 4.90 Å². The molecule has 0 aromatic heterocycles. The summed E-state index contributed by atoms with van der Waals surface area (Å²) in [6.45, 7) is 3.75. The number of hydrogen-bond donors (Lipinski definition) is 1. The summed E-state index contributed by atoms with van der Waals surface area (Å²) >= 11 is 5.09. The highest BCUT2D eigenvalue weighted by atomic mass is 32.1. The van der Waals surface area contributed by atoms with E-state index in [9.17, 15) is 4.79 Å². The lowest BCUT2D eigenvalue weighted by atomic mass is 9.80. The van der Waals surface area contributed by atoms with Crippen LogP contribution in [0.4, 0.5) is 0 Å². The van der Waals surface area contributed by atoms with E-state index in [-0.39, 0.29) is 5.41 Å². The SMILES string of the molecule is CC1(C(N)=S)CCN(C(=O)CC2CC2)CC1. The molecular formula is C12H20N2OS. The van der Waals surface area contributed by atoms with Crippen LogP contribution in [0.2, 0.25) is 0 Å². The van der Waals surface area contributed by atoms with Crippen molar-refractivity contribution in [3.8, 4) is 0 Å². The van der Waals surface area contributed by atoms with Crippen LogP contribution in [-0.2, 0) is 4.79 Å². The molecule has 2 rings (SSSR count). The highest BCUT2D eigenvalue weighted by Crippen LogP contribution is 2.35. The minimum atomic E-state index is -0.0360. The van der Waals surface area contributed by atoms with E-state index >= 15 is 0 Å². The van der Waals surface area contributed by atoms with Crippen molar-refractivity contribution in [2.24, 2.45) is 17.1 Å². The van der Waals surface area contributed by atoms with Crippen LogP contribution in [0.15, 0.2) is 0 Å². The lowest BCUT2D eigenvalue weighted by Gasteiger charge is -2.38. The molecule has 0 atom stereocenters. The second-order valence-corrected chi connectivity index (χ2v) is 5.89. The highest BCUT2D eigenvalue weighted by Gasteiger charge is 2.35. The number of rotatable bonds is 3. The van der Waals surface area contributed by atoms with E-state index in [0.717, 1.165) is 32.4 Å². The average Bonchev–Trinajstić information content (AvgIpc) is 3.02. The molecule has 0 radical (unpaired) electrons. The van der Waals surface area contributed by atoms with Gasteiger partial charge in [-0.15, -0.1) is 0 Å². The van der Waals surface area contributed by atoms with E-state index in [0.29, 0.717) is 16.8 Å². The van der Waals surface area contributed by atoms with E-state index in [1.165, 1.54) is 12.8 Å². The van der Waals surface area contributed by atoms with Crippen molar-refractivity contribution in [2.75, 3.05) is 13.1 Å². The first kappa shape index (κ1) is 11.8. The van der Waals surface area contributed by atoms with Gasteiger partial charge in [-0.3, -0.25) is 4.79 Å². The third-order valence-corrected chi connectivity index (χ3v) is 4.47. The molecule has 3 nitrogen and oxygen atoms in total. The van der Waals surface area contributed by atoms with Crippen molar-refractivity contribution in [1.82, 2.24) is 4.90 Å². The smallest absolute Gasteiger partial charge is 0.222 e. The van der Waals surface area contributed by atoms with Crippen molar-refractivity contribution < 1.29 is 4.79 Å². The van der Waals surface area contributed by atoms with Crippen LogP contribution >= 0.6 is 12.2 Å². The van der Waals surface area contributed by atoms with Gasteiger partial charge in [0.1, 0.15) is 0 Å². The van der Waals surface area contributed by atoms with Crippen molar-refractivity contribution in [2.45, 2.75) is 39.0 Å². The topological polar surface area (TPSA) is 46.3 Å². The van der Waals surface area contributed by atoms with Gasteiger partial charge in [0.2, 0.25) is 5.91 Å². The molecule has 1 amide bonds. The minimum absolute atomic E-state index is 0.0360. The van der Waals surface area contributed by atoms with Crippen LogP contribution in [0.1, 0.15) is 39.0 Å². The van der Waals surface area contributed by atoms with Crippen LogP contribution in [0.25, 0.3) is 0 Å². The Morgan fingerprint density at radius 3 is 2.44 bits per heavy atom. The largest absolute Gasteiger partial charge is 0.393 e. The molecule has 1 heterocycles. The predicted molar refractivity (Wildman–Crippen MR) is 68.0 cm³/mol. The van der Waals surface area contributed by atoms with Gasteiger partial charge in [-0.2, -0.15) is 0 Å². The molecule has 2 N–H and O–H groups in total. The van der Waals surface area contributed by atoms with Gasteiger partial charge < -0.3 is 10.6 Å². The van der Waals surface area contributed by atoms with E-state index in [4.69, 9.17) is 18.0 Å². The third kappa shape index (κ3) is 2.54. The summed E-state index contributed by atoms with van der Waals surface area (Å²) in [6.07, 6.45) is 5.07. The lowest BCUT2D eigenvalue weighted by Crippen LogP contribution is -2.46. The Morgan fingerprint density at radius 1 is 1.44 bits per heavy atom. The van der Waals surface area contributed by atoms with Gasteiger partial charge in [-0.1, -0.05) is 19.1 Å². The Labute approximate surface area is 102 Å². The normalized spacial score (nSPS) is 24.2. The summed E-state index contributed by atoms with van der Waals surface area (Å²) in [7, 11) is 0. The standard InChI is InChI=1S/C12H20N2OS/c1-12(11(13)16)4-6-14(7-5-12)10(15)8-9-2-3-9/h9H,2-8H2,1H3,(H2,13,16). The molecule has 0 bridgehead atoms. The van der Waals surface area contributed by atoms with Crippen LogP contribution in [0.5, 0.6) is 0 Å². The first-order valence-electron chi connectivity index (χ1n) is 6.09. The quantitative estimate of drug-likeness (QED) is 0.764. The van der Waals surface area contributed by atoms with E-state index < -0.39 is 0 Å². The van der Waals surface area contributed by atoms with Gasteiger partial charge >= 0.3 is 0 Å². The number of thiocarbonyl (C=S) groups is 1. The summed E-state index contributed by atoms with van der Waals surface area (Å²) in [5, 5.41) is 0. The molecule has 4 heteroatoms.